The zero-order valence-corrected chi connectivity index (χ0v) is 11.1. The summed E-state index contributed by atoms with van der Waals surface area (Å²) >= 11 is 0. The molecule has 0 aliphatic heterocycles. The van der Waals surface area contributed by atoms with Gasteiger partial charge < -0.3 is 4.74 Å². The van der Waals surface area contributed by atoms with E-state index < -0.39 is 5.60 Å². The molecule has 1 fully saturated rings. The van der Waals surface area contributed by atoms with Crippen LogP contribution in [0.5, 0.6) is 0 Å². The van der Waals surface area contributed by atoms with Gasteiger partial charge in [0.15, 0.2) is 0 Å². The molecule has 2 rings (SSSR count). The van der Waals surface area contributed by atoms with E-state index in [-0.39, 0.29) is 17.8 Å². The van der Waals surface area contributed by atoms with Crippen molar-refractivity contribution >= 4 is 5.97 Å². The third kappa shape index (κ3) is 3.63. The lowest BCUT2D eigenvalue weighted by Crippen LogP contribution is -2.25. The van der Waals surface area contributed by atoms with Gasteiger partial charge in [-0.3, -0.25) is 4.79 Å². The molecule has 0 unspecified atom stereocenters. The monoisotopic (exact) mass is 242 g/mol. The molecule has 0 radical (unpaired) electrons. The van der Waals surface area contributed by atoms with Crippen molar-refractivity contribution in [1.82, 2.24) is 0 Å². The molecule has 0 bridgehead atoms. The fourth-order valence-corrected chi connectivity index (χ4v) is 1.69. The van der Waals surface area contributed by atoms with Crippen LogP contribution in [0.1, 0.15) is 32.8 Å². The number of benzene rings is 1. The molecule has 2 nitrogen and oxygen atoms in total. The topological polar surface area (TPSA) is 26.3 Å². The van der Waals surface area contributed by atoms with Crippen molar-refractivity contribution < 1.29 is 9.53 Å². The van der Waals surface area contributed by atoms with Crippen molar-refractivity contribution in [2.75, 3.05) is 0 Å². The van der Waals surface area contributed by atoms with Crippen LogP contribution in [0.2, 0.25) is 0 Å². The standard InChI is InChI=1S/C16H18O2/c1-16(2,3)18-15(17)14-11-13(14)10-9-12-7-5-4-6-8-12/h4-8,13-14H,11H2,1-3H3/t13-,14-/m1/s1. The Morgan fingerprint density at radius 2 is 1.94 bits per heavy atom. The van der Waals surface area contributed by atoms with Gasteiger partial charge in [0, 0.05) is 11.5 Å². The molecule has 0 amide bonds. The van der Waals surface area contributed by atoms with E-state index in [4.69, 9.17) is 4.74 Å². The van der Waals surface area contributed by atoms with Gasteiger partial charge in [0.1, 0.15) is 5.60 Å². The fraction of sp³-hybridized carbons (Fsp3) is 0.438. The Morgan fingerprint density at radius 3 is 2.56 bits per heavy atom. The van der Waals surface area contributed by atoms with E-state index in [9.17, 15) is 4.79 Å². The number of hydrogen-bond donors (Lipinski definition) is 0. The van der Waals surface area contributed by atoms with E-state index in [2.05, 4.69) is 11.8 Å². The first-order chi connectivity index (χ1) is 8.46. The molecule has 2 atom stereocenters. The number of carbonyl (C=O) groups excluding carboxylic acids is 1. The van der Waals surface area contributed by atoms with Crippen molar-refractivity contribution in [1.29, 1.82) is 0 Å². The number of carbonyl (C=O) groups is 1. The van der Waals surface area contributed by atoms with Crippen LogP contribution >= 0.6 is 0 Å². The summed E-state index contributed by atoms with van der Waals surface area (Å²) in [7, 11) is 0. The van der Waals surface area contributed by atoms with Crippen molar-refractivity contribution in [2.45, 2.75) is 32.8 Å². The minimum Gasteiger partial charge on any atom is -0.460 e. The van der Waals surface area contributed by atoms with Gasteiger partial charge in [-0.05, 0) is 39.3 Å². The molecule has 94 valence electrons. The van der Waals surface area contributed by atoms with Gasteiger partial charge in [0.05, 0.1) is 5.92 Å². The number of esters is 1. The van der Waals surface area contributed by atoms with Crippen LogP contribution in [0.25, 0.3) is 0 Å². The van der Waals surface area contributed by atoms with Gasteiger partial charge in [-0.1, -0.05) is 30.0 Å². The van der Waals surface area contributed by atoms with E-state index in [0.29, 0.717) is 0 Å². The first-order valence-electron chi connectivity index (χ1n) is 6.25. The maximum Gasteiger partial charge on any atom is 0.310 e. The Labute approximate surface area is 108 Å². The zero-order chi connectivity index (χ0) is 13.2. The molecule has 0 heterocycles. The third-order valence-electron chi connectivity index (χ3n) is 2.68. The molecule has 1 aromatic rings. The van der Waals surface area contributed by atoms with Crippen molar-refractivity contribution in [3.63, 3.8) is 0 Å². The Morgan fingerprint density at radius 1 is 1.28 bits per heavy atom. The van der Waals surface area contributed by atoms with Gasteiger partial charge >= 0.3 is 5.97 Å². The second-order valence-electron chi connectivity index (χ2n) is 5.62. The Kier molecular flexibility index (Phi) is 3.43. The number of rotatable bonds is 1. The smallest absolute Gasteiger partial charge is 0.310 e. The van der Waals surface area contributed by atoms with Crippen LogP contribution in [0.15, 0.2) is 30.3 Å². The van der Waals surface area contributed by atoms with Gasteiger partial charge in [-0.25, -0.2) is 0 Å². The molecule has 0 aromatic heterocycles. The summed E-state index contributed by atoms with van der Waals surface area (Å²) in [5, 5.41) is 0. The molecule has 1 saturated carbocycles. The molecule has 2 heteroatoms. The molecule has 18 heavy (non-hydrogen) atoms. The first kappa shape index (κ1) is 12.7. The highest BCUT2D eigenvalue weighted by molar-refractivity contribution is 5.77. The van der Waals surface area contributed by atoms with E-state index in [0.717, 1.165) is 12.0 Å². The quantitative estimate of drug-likeness (QED) is 0.559. The van der Waals surface area contributed by atoms with Crippen LogP contribution in [0.4, 0.5) is 0 Å². The van der Waals surface area contributed by atoms with Gasteiger partial charge in [-0.2, -0.15) is 0 Å². The maximum absolute atomic E-state index is 11.8. The molecule has 1 aliphatic rings. The van der Waals surface area contributed by atoms with Crippen LogP contribution in [-0.2, 0) is 9.53 Å². The summed E-state index contributed by atoms with van der Waals surface area (Å²) in [5.74, 6) is 6.26. The predicted octanol–water partition coefficient (Wildman–Crippen LogP) is 3.02. The lowest BCUT2D eigenvalue weighted by atomic mass is 10.2. The van der Waals surface area contributed by atoms with Crippen LogP contribution in [0, 0.1) is 23.7 Å². The minimum atomic E-state index is -0.406. The summed E-state index contributed by atoms with van der Waals surface area (Å²) in [6, 6.07) is 9.83. The van der Waals surface area contributed by atoms with Crippen molar-refractivity contribution in [3.05, 3.63) is 35.9 Å². The molecule has 0 N–H and O–H groups in total. The lowest BCUT2D eigenvalue weighted by Gasteiger charge is -2.19. The summed E-state index contributed by atoms with van der Waals surface area (Å²) < 4.78 is 5.34. The SMILES string of the molecule is CC(C)(C)OC(=O)[C@@H]1C[C@H]1C#Cc1ccccc1. The summed E-state index contributed by atoms with van der Waals surface area (Å²) in [6.45, 7) is 5.66. The van der Waals surface area contributed by atoms with Crippen molar-refractivity contribution in [3.8, 4) is 11.8 Å². The fourth-order valence-electron chi connectivity index (χ4n) is 1.69. The predicted molar refractivity (Wildman–Crippen MR) is 70.8 cm³/mol. The van der Waals surface area contributed by atoms with E-state index in [1.807, 2.05) is 51.1 Å². The second kappa shape index (κ2) is 4.86. The maximum atomic E-state index is 11.8. The third-order valence-corrected chi connectivity index (χ3v) is 2.68. The highest BCUT2D eigenvalue weighted by atomic mass is 16.6. The Bertz CT molecular complexity index is 485. The lowest BCUT2D eigenvalue weighted by molar-refractivity contribution is -0.156. The van der Waals surface area contributed by atoms with E-state index in [1.165, 1.54) is 0 Å². The molecule has 0 saturated heterocycles. The Balaban J connectivity index is 1.89. The molecule has 1 aromatic carbocycles. The van der Waals surface area contributed by atoms with Crippen LogP contribution < -0.4 is 0 Å². The van der Waals surface area contributed by atoms with Gasteiger partial charge in [0.2, 0.25) is 0 Å². The molecule has 0 spiro atoms. The number of ether oxygens (including phenoxy) is 1. The molecular weight excluding hydrogens is 224 g/mol. The summed E-state index contributed by atoms with van der Waals surface area (Å²) in [4.78, 5) is 11.8. The molecule has 1 aliphatic carbocycles. The highest BCUT2D eigenvalue weighted by Crippen LogP contribution is 2.39. The normalized spacial score (nSPS) is 21.7. The largest absolute Gasteiger partial charge is 0.460 e. The van der Waals surface area contributed by atoms with E-state index >= 15 is 0 Å². The van der Waals surface area contributed by atoms with Crippen LogP contribution in [0.3, 0.4) is 0 Å². The minimum absolute atomic E-state index is 0.0274. The van der Waals surface area contributed by atoms with Crippen LogP contribution in [-0.4, -0.2) is 11.6 Å². The average Bonchev–Trinajstić information content (AvgIpc) is 3.05. The zero-order valence-electron chi connectivity index (χ0n) is 11.1. The van der Waals surface area contributed by atoms with Gasteiger partial charge in [-0.15, -0.1) is 0 Å². The van der Waals surface area contributed by atoms with Gasteiger partial charge in [0.25, 0.3) is 0 Å². The first-order valence-corrected chi connectivity index (χ1v) is 6.25. The number of hydrogen-bond acceptors (Lipinski definition) is 2. The second-order valence-corrected chi connectivity index (χ2v) is 5.62. The van der Waals surface area contributed by atoms with Crippen molar-refractivity contribution in [2.24, 2.45) is 11.8 Å². The highest BCUT2D eigenvalue weighted by Gasteiger charge is 2.44. The summed E-state index contributed by atoms with van der Waals surface area (Å²) in [6.07, 6.45) is 0.828. The van der Waals surface area contributed by atoms with E-state index in [1.54, 1.807) is 0 Å². The molecular formula is C16H18O2. The summed E-state index contributed by atoms with van der Waals surface area (Å²) in [5.41, 5.74) is 0.587. The Hall–Kier alpha value is -1.75. The average molecular weight is 242 g/mol.